The Morgan fingerprint density at radius 3 is 2.35 bits per heavy atom. The highest BCUT2D eigenvalue weighted by molar-refractivity contribution is 6.23. The molecule has 17 heteroatoms. The maximum Gasteiger partial charge on any atom is 0.322 e. The summed E-state index contributed by atoms with van der Waals surface area (Å²) in [5.74, 6) is -0.710. The number of hydrogen-bond donors (Lipinski definition) is 2. The lowest BCUT2D eigenvalue weighted by atomic mass is 9.93. The van der Waals surface area contributed by atoms with E-state index in [2.05, 4.69) is 58.2 Å². The number of benzene rings is 2. The van der Waals surface area contributed by atoms with Gasteiger partial charge in [-0.05, 0) is 94.5 Å². The Bertz CT molecular complexity index is 2460. The normalized spacial score (nSPS) is 22.5. The summed E-state index contributed by atoms with van der Waals surface area (Å²) >= 11 is 0. The zero-order valence-electron chi connectivity index (χ0n) is 35.0. The molecule has 2 N–H and O–H groups in total. The van der Waals surface area contributed by atoms with Gasteiger partial charge in [-0.3, -0.25) is 39.3 Å². The fourth-order valence-electron chi connectivity index (χ4n) is 9.66. The molecule has 5 aliphatic rings. The molecule has 9 rings (SSSR count). The molecular formula is C45H50N12O5. The lowest BCUT2D eigenvalue weighted by Crippen LogP contribution is -2.59. The number of rotatable bonds is 8. The average Bonchev–Trinajstić information content (AvgIpc) is 3.54. The highest BCUT2D eigenvalue weighted by Gasteiger charge is 2.45. The van der Waals surface area contributed by atoms with Crippen molar-refractivity contribution >= 4 is 63.6 Å². The topological polar surface area (TPSA) is 191 Å². The van der Waals surface area contributed by atoms with E-state index in [-0.39, 0.29) is 31.0 Å². The molecule has 320 valence electrons. The second kappa shape index (κ2) is 17.0. The first-order chi connectivity index (χ1) is 30.1. The molecule has 6 amide bonds. The third-order valence-corrected chi connectivity index (χ3v) is 13.2. The summed E-state index contributed by atoms with van der Waals surface area (Å²) < 4.78 is 0. The Hall–Kier alpha value is -6.67. The first kappa shape index (κ1) is 40.7. The second-order valence-corrected chi connectivity index (χ2v) is 17.1. The first-order valence-corrected chi connectivity index (χ1v) is 21.6. The summed E-state index contributed by atoms with van der Waals surface area (Å²) in [6.07, 6.45) is 8.51. The van der Waals surface area contributed by atoms with Crippen LogP contribution >= 0.6 is 0 Å². The van der Waals surface area contributed by atoms with E-state index in [1.54, 1.807) is 30.7 Å². The molecular weight excluding hydrogens is 789 g/mol. The number of fused-ring (bicyclic) bond motifs is 2. The largest absolute Gasteiger partial charge is 0.369 e. The SMILES string of the molecule is C[C@@H]1CN(c2ccc(C#N)c3ncccc23)[C@@H](C)CN1C(=O)Nc1cnc(N2CCC(CCN3CCN(c4ccc5c(c4)C(=O)N(C4CCC(=O)NC4=O)C5=O)CC3)CC2)nc1. The van der Waals surface area contributed by atoms with E-state index in [0.29, 0.717) is 52.9 Å². The van der Waals surface area contributed by atoms with Crippen LogP contribution in [0.25, 0.3) is 10.9 Å². The van der Waals surface area contributed by atoms with E-state index in [0.717, 1.165) is 86.7 Å². The Kier molecular flexibility index (Phi) is 11.2. The van der Waals surface area contributed by atoms with Gasteiger partial charge in [0.15, 0.2) is 0 Å². The fourth-order valence-corrected chi connectivity index (χ4v) is 9.66. The van der Waals surface area contributed by atoms with Gasteiger partial charge in [-0.1, -0.05) is 0 Å². The number of hydrogen-bond acceptors (Lipinski definition) is 13. The molecule has 0 spiro atoms. The van der Waals surface area contributed by atoms with Crippen LogP contribution in [0.15, 0.2) is 61.1 Å². The van der Waals surface area contributed by atoms with Gasteiger partial charge >= 0.3 is 6.03 Å². The van der Waals surface area contributed by atoms with Crippen LogP contribution in [-0.4, -0.2) is 136 Å². The molecule has 0 aliphatic carbocycles. The van der Waals surface area contributed by atoms with Crippen LogP contribution in [0, 0.1) is 17.2 Å². The first-order valence-electron chi connectivity index (χ1n) is 21.6. The number of piperazine rings is 2. The molecule has 62 heavy (non-hydrogen) atoms. The van der Waals surface area contributed by atoms with Crippen LogP contribution in [-0.2, 0) is 9.59 Å². The Labute approximate surface area is 359 Å². The number of anilines is 4. The summed E-state index contributed by atoms with van der Waals surface area (Å²) in [7, 11) is 0. The van der Waals surface area contributed by atoms with Gasteiger partial charge in [0, 0.05) is 93.8 Å². The van der Waals surface area contributed by atoms with Crippen molar-refractivity contribution in [1.29, 1.82) is 5.26 Å². The number of imide groups is 2. The van der Waals surface area contributed by atoms with Gasteiger partial charge in [-0.25, -0.2) is 14.8 Å². The van der Waals surface area contributed by atoms with E-state index in [1.807, 2.05) is 42.2 Å². The molecule has 4 saturated heterocycles. The summed E-state index contributed by atoms with van der Waals surface area (Å²) in [4.78, 5) is 89.9. The van der Waals surface area contributed by atoms with Crippen LogP contribution in [0.4, 0.5) is 27.8 Å². The highest BCUT2D eigenvalue weighted by Crippen LogP contribution is 2.34. The van der Waals surface area contributed by atoms with Gasteiger partial charge in [0.05, 0.1) is 40.3 Å². The minimum atomic E-state index is -0.975. The monoisotopic (exact) mass is 838 g/mol. The lowest BCUT2D eigenvalue weighted by Gasteiger charge is -2.45. The standard InChI is InChI=1S/C45H50N12O5/c1-28-27-56(29(2)26-55(28)37-8-5-31(23-46)40-35(37)4-3-14-47-40)45(62)50-32-24-48-44(49-25-32)54-16-12-30(13-17-54)11-15-52-18-20-53(21-19-52)33-6-7-34-36(22-33)43(61)57(42(34)60)38-9-10-39(58)51-41(38)59/h3-8,14,22,24-25,28-30,38H,9-13,15-21,26-27H2,1-2H3,(H,50,62)(H,51,58,59)/t28-,29+,38?/m0/s1. The molecule has 3 atom stereocenters. The van der Waals surface area contributed by atoms with Gasteiger partial charge in [0.1, 0.15) is 12.1 Å². The second-order valence-electron chi connectivity index (χ2n) is 17.1. The molecule has 4 aromatic rings. The zero-order valence-corrected chi connectivity index (χ0v) is 35.0. The maximum atomic E-state index is 13.5. The maximum absolute atomic E-state index is 13.5. The van der Waals surface area contributed by atoms with Crippen LogP contribution in [0.2, 0.25) is 0 Å². The van der Waals surface area contributed by atoms with Crippen molar-refractivity contribution in [2.45, 2.75) is 64.1 Å². The predicted molar refractivity (Wildman–Crippen MR) is 232 cm³/mol. The van der Waals surface area contributed by atoms with Gasteiger partial charge in [-0.2, -0.15) is 5.26 Å². The van der Waals surface area contributed by atoms with E-state index in [4.69, 9.17) is 0 Å². The number of nitrogens with zero attached hydrogens (tertiary/aromatic N) is 10. The molecule has 17 nitrogen and oxygen atoms in total. The van der Waals surface area contributed by atoms with Gasteiger partial charge in [0.2, 0.25) is 17.8 Å². The third kappa shape index (κ3) is 7.86. The predicted octanol–water partition coefficient (Wildman–Crippen LogP) is 3.86. The number of carbonyl (C=O) groups is 5. The Balaban J connectivity index is 0.710. The molecule has 0 bridgehead atoms. The van der Waals surface area contributed by atoms with Crippen molar-refractivity contribution in [3.63, 3.8) is 0 Å². The molecule has 2 aromatic heterocycles. The summed E-state index contributed by atoms with van der Waals surface area (Å²) in [5.41, 5.74) is 4.27. The highest BCUT2D eigenvalue weighted by atomic mass is 16.2. The van der Waals surface area contributed by atoms with Crippen molar-refractivity contribution in [1.82, 2.24) is 35.0 Å². The molecule has 0 radical (unpaired) electrons. The summed E-state index contributed by atoms with van der Waals surface area (Å²) in [6.45, 7) is 11.4. The van der Waals surface area contributed by atoms with Crippen molar-refractivity contribution in [3.8, 4) is 6.07 Å². The minimum Gasteiger partial charge on any atom is -0.369 e. The summed E-state index contributed by atoms with van der Waals surface area (Å²) in [5, 5.41) is 15.8. The third-order valence-electron chi connectivity index (χ3n) is 13.2. The number of nitriles is 1. The van der Waals surface area contributed by atoms with Crippen LogP contribution < -0.4 is 25.3 Å². The number of amides is 6. The number of urea groups is 1. The molecule has 1 unspecified atom stereocenters. The molecule has 4 fully saturated rings. The van der Waals surface area contributed by atoms with Gasteiger partial charge in [0.25, 0.3) is 11.8 Å². The van der Waals surface area contributed by atoms with Crippen molar-refractivity contribution < 1.29 is 24.0 Å². The average molecular weight is 839 g/mol. The number of pyridine rings is 1. The molecule has 0 saturated carbocycles. The molecule has 7 heterocycles. The van der Waals surface area contributed by atoms with E-state index < -0.39 is 29.7 Å². The van der Waals surface area contributed by atoms with Crippen molar-refractivity contribution in [3.05, 3.63) is 77.7 Å². The number of aromatic nitrogens is 3. The summed E-state index contributed by atoms with van der Waals surface area (Å²) in [6, 6.07) is 14.0. The van der Waals surface area contributed by atoms with Crippen molar-refractivity contribution in [2.24, 2.45) is 5.92 Å². The zero-order chi connectivity index (χ0) is 43.1. The van der Waals surface area contributed by atoms with Gasteiger partial charge in [-0.15, -0.1) is 0 Å². The lowest BCUT2D eigenvalue weighted by molar-refractivity contribution is -0.136. The van der Waals surface area contributed by atoms with E-state index >= 15 is 0 Å². The van der Waals surface area contributed by atoms with E-state index in [1.165, 1.54) is 0 Å². The molecule has 2 aromatic carbocycles. The smallest absolute Gasteiger partial charge is 0.322 e. The number of nitrogens with one attached hydrogen (secondary N) is 2. The Morgan fingerprint density at radius 1 is 0.855 bits per heavy atom. The quantitative estimate of drug-likeness (QED) is 0.244. The van der Waals surface area contributed by atoms with Crippen molar-refractivity contribution in [2.75, 3.05) is 78.9 Å². The number of piperidine rings is 2. The minimum absolute atomic E-state index is 0.0363. The van der Waals surface area contributed by atoms with Crippen LogP contribution in [0.1, 0.15) is 72.2 Å². The van der Waals surface area contributed by atoms with E-state index in [9.17, 15) is 29.2 Å². The Morgan fingerprint density at radius 2 is 1.61 bits per heavy atom. The van der Waals surface area contributed by atoms with Crippen LogP contribution in [0.5, 0.6) is 0 Å². The number of carbonyl (C=O) groups excluding carboxylic acids is 5. The van der Waals surface area contributed by atoms with Gasteiger partial charge < -0.3 is 24.9 Å². The fraction of sp³-hybridized carbons (Fsp3) is 0.444. The van der Waals surface area contributed by atoms with Crippen LogP contribution in [0.3, 0.4) is 0 Å². The molecule has 5 aliphatic heterocycles.